The van der Waals surface area contributed by atoms with Gasteiger partial charge in [-0.2, -0.15) is 0 Å². The van der Waals surface area contributed by atoms with E-state index in [1.54, 1.807) is 0 Å². The summed E-state index contributed by atoms with van der Waals surface area (Å²) >= 11 is 0. The lowest BCUT2D eigenvalue weighted by molar-refractivity contribution is -0.114. The smallest absolute Gasteiger partial charge is 0.141 e. The first-order valence-corrected chi connectivity index (χ1v) is 4.38. The van der Waals surface area contributed by atoms with Crippen molar-refractivity contribution in [2.24, 2.45) is 17.4 Å². The van der Waals surface area contributed by atoms with Gasteiger partial charge in [-0.15, -0.1) is 0 Å². The monoisotopic (exact) mass is 171 g/mol. The highest BCUT2D eigenvalue weighted by atomic mass is 16.1. The van der Waals surface area contributed by atoms with Gasteiger partial charge in [-0.1, -0.05) is 0 Å². The Hall–Kier alpha value is -0.450. The molecule has 4 heteroatoms. The fourth-order valence-corrected chi connectivity index (χ4v) is 1.52. The lowest BCUT2D eigenvalue weighted by Crippen LogP contribution is -2.57. The summed E-state index contributed by atoms with van der Waals surface area (Å²) in [6.07, 6.45) is 2.74. The first kappa shape index (κ1) is 9.64. The second-order valence-corrected chi connectivity index (χ2v) is 3.50. The summed E-state index contributed by atoms with van der Waals surface area (Å²) < 4.78 is 0. The Bertz CT molecular complexity index is 152. The number of carbonyl (C=O) groups excluding carboxylic acids is 1. The van der Waals surface area contributed by atoms with Gasteiger partial charge in [0.15, 0.2) is 0 Å². The van der Waals surface area contributed by atoms with Gasteiger partial charge >= 0.3 is 0 Å². The molecule has 0 bridgehead atoms. The zero-order chi connectivity index (χ0) is 9.03. The molecule has 1 saturated heterocycles. The number of aldehydes is 1. The van der Waals surface area contributed by atoms with Gasteiger partial charge in [0.25, 0.3) is 0 Å². The van der Waals surface area contributed by atoms with Crippen LogP contribution in [-0.2, 0) is 4.79 Å². The van der Waals surface area contributed by atoms with Gasteiger partial charge in [0.05, 0.1) is 5.54 Å². The van der Waals surface area contributed by atoms with Gasteiger partial charge in [-0.3, -0.25) is 0 Å². The van der Waals surface area contributed by atoms with Crippen LogP contribution in [0, 0.1) is 5.92 Å². The Morgan fingerprint density at radius 2 is 2.33 bits per heavy atom. The van der Waals surface area contributed by atoms with Crippen molar-refractivity contribution in [1.82, 2.24) is 5.32 Å². The number of nitrogens with two attached hydrogens (primary N) is 2. The maximum atomic E-state index is 10.7. The lowest BCUT2D eigenvalue weighted by atomic mass is 9.85. The Kier molecular flexibility index (Phi) is 3.20. The van der Waals surface area contributed by atoms with E-state index in [0.717, 1.165) is 25.7 Å². The lowest BCUT2D eigenvalue weighted by Gasteiger charge is -2.35. The van der Waals surface area contributed by atoms with Crippen LogP contribution in [0.3, 0.4) is 0 Å². The average Bonchev–Trinajstić information content (AvgIpc) is 2.18. The van der Waals surface area contributed by atoms with Crippen LogP contribution in [0.1, 0.15) is 12.8 Å². The maximum Gasteiger partial charge on any atom is 0.141 e. The number of hydrogen-bond donors (Lipinski definition) is 3. The first-order valence-electron chi connectivity index (χ1n) is 4.38. The van der Waals surface area contributed by atoms with Gasteiger partial charge in [0.1, 0.15) is 6.29 Å². The van der Waals surface area contributed by atoms with Crippen molar-refractivity contribution in [1.29, 1.82) is 0 Å². The third-order valence-corrected chi connectivity index (χ3v) is 2.66. The highest BCUT2D eigenvalue weighted by Crippen LogP contribution is 2.19. The summed E-state index contributed by atoms with van der Waals surface area (Å²) in [5.74, 6) is 0.504. The summed E-state index contributed by atoms with van der Waals surface area (Å²) in [5.41, 5.74) is 10.6. The summed E-state index contributed by atoms with van der Waals surface area (Å²) in [4.78, 5) is 10.7. The second-order valence-electron chi connectivity index (χ2n) is 3.50. The van der Waals surface area contributed by atoms with Crippen LogP contribution in [0.5, 0.6) is 0 Å². The summed E-state index contributed by atoms with van der Waals surface area (Å²) in [5, 5.41) is 3.16. The van der Waals surface area contributed by atoms with E-state index in [4.69, 9.17) is 11.5 Å². The Morgan fingerprint density at radius 3 is 2.67 bits per heavy atom. The van der Waals surface area contributed by atoms with Crippen LogP contribution >= 0.6 is 0 Å². The molecule has 12 heavy (non-hydrogen) atoms. The Labute approximate surface area is 72.7 Å². The standard InChI is InChI=1S/C8H17N3O/c9-3-7-1-2-8(5-10,6-12)11-4-7/h6-7,11H,1-5,9-10H2. The molecule has 1 rings (SSSR count). The number of rotatable bonds is 3. The van der Waals surface area contributed by atoms with Crippen molar-refractivity contribution in [3.05, 3.63) is 0 Å². The molecule has 0 spiro atoms. The fraction of sp³-hybridized carbons (Fsp3) is 0.875. The minimum atomic E-state index is -0.467. The summed E-state index contributed by atoms with van der Waals surface area (Å²) in [7, 11) is 0. The molecule has 1 fully saturated rings. The van der Waals surface area contributed by atoms with Crippen molar-refractivity contribution in [2.45, 2.75) is 18.4 Å². The molecule has 70 valence electrons. The predicted octanol–water partition coefficient (Wildman–Crippen LogP) is -1.16. The quantitative estimate of drug-likeness (QED) is 0.468. The van der Waals surface area contributed by atoms with Crippen molar-refractivity contribution in [3.8, 4) is 0 Å². The predicted molar refractivity (Wildman–Crippen MR) is 47.6 cm³/mol. The van der Waals surface area contributed by atoms with Gasteiger partial charge in [-0.05, 0) is 25.3 Å². The van der Waals surface area contributed by atoms with E-state index in [1.807, 2.05) is 0 Å². The first-order chi connectivity index (χ1) is 5.76. The minimum Gasteiger partial charge on any atom is -0.330 e. The topological polar surface area (TPSA) is 81.1 Å². The van der Waals surface area contributed by atoms with E-state index >= 15 is 0 Å². The molecule has 0 aromatic rings. The van der Waals surface area contributed by atoms with Gasteiger partial charge in [-0.25, -0.2) is 0 Å². The number of piperidine rings is 1. The van der Waals surface area contributed by atoms with E-state index < -0.39 is 5.54 Å². The minimum absolute atomic E-state index is 0.383. The molecule has 0 amide bonds. The van der Waals surface area contributed by atoms with Gasteiger partial charge < -0.3 is 21.6 Å². The molecular weight excluding hydrogens is 154 g/mol. The van der Waals surface area contributed by atoms with Gasteiger partial charge in [0, 0.05) is 13.1 Å². The zero-order valence-electron chi connectivity index (χ0n) is 7.25. The third kappa shape index (κ3) is 1.83. The highest BCUT2D eigenvalue weighted by Gasteiger charge is 2.32. The number of carbonyl (C=O) groups is 1. The number of nitrogens with one attached hydrogen (secondary N) is 1. The van der Waals surface area contributed by atoms with Crippen molar-refractivity contribution in [3.63, 3.8) is 0 Å². The molecule has 0 aliphatic carbocycles. The molecule has 0 saturated carbocycles. The fourth-order valence-electron chi connectivity index (χ4n) is 1.52. The molecule has 1 aliphatic heterocycles. The molecule has 2 unspecified atom stereocenters. The van der Waals surface area contributed by atoms with Crippen LogP contribution in [0.15, 0.2) is 0 Å². The molecule has 2 atom stereocenters. The molecule has 0 aromatic heterocycles. The molecule has 1 aliphatic rings. The molecule has 5 N–H and O–H groups in total. The molecule has 0 aromatic carbocycles. The van der Waals surface area contributed by atoms with Crippen LogP contribution in [0.25, 0.3) is 0 Å². The van der Waals surface area contributed by atoms with Crippen molar-refractivity contribution in [2.75, 3.05) is 19.6 Å². The van der Waals surface area contributed by atoms with Crippen LogP contribution in [-0.4, -0.2) is 31.5 Å². The maximum absolute atomic E-state index is 10.7. The van der Waals surface area contributed by atoms with E-state index in [-0.39, 0.29) is 0 Å². The van der Waals surface area contributed by atoms with Crippen molar-refractivity contribution >= 4 is 6.29 Å². The summed E-state index contributed by atoms with van der Waals surface area (Å²) in [6, 6.07) is 0. The largest absolute Gasteiger partial charge is 0.330 e. The van der Waals surface area contributed by atoms with Crippen molar-refractivity contribution < 1.29 is 4.79 Å². The van der Waals surface area contributed by atoms with Crippen LogP contribution in [0.2, 0.25) is 0 Å². The molecule has 4 nitrogen and oxygen atoms in total. The normalized spacial score (nSPS) is 36.3. The zero-order valence-corrected chi connectivity index (χ0v) is 7.25. The SMILES string of the molecule is NCC1CCC(C=O)(CN)NC1. The van der Waals surface area contributed by atoms with E-state index in [0.29, 0.717) is 19.0 Å². The second kappa shape index (κ2) is 3.98. The van der Waals surface area contributed by atoms with Crippen LogP contribution in [0.4, 0.5) is 0 Å². The Balaban J connectivity index is 2.47. The summed E-state index contributed by atoms with van der Waals surface area (Å²) in [6.45, 7) is 1.88. The Morgan fingerprint density at radius 1 is 1.58 bits per heavy atom. The number of hydrogen-bond acceptors (Lipinski definition) is 4. The van der Waals surface area contributed by atoms with E-state index in [1.165, 1.54) is 0 Å². The molecular formula is C8H17N3O. The average molecular weight is 171 g/mol. The van der Waals surface area contributed by atoms with E-state index in [2.05, 4.69) is 5.32 Å². The van der Waals surface area contributed by atoms with Gasteiger partial charge in [0.2, 0.25) is 0 Å². The van der Waals surface area contributed by atoms with Crippen LogP contribution < -0.4 is 16.8 Å². The highest BCUT2D eigenvalue weighted by molar-refractivity contribution is 5.64. The molecule has 1 heterocycles. The third-order valence-electron chi connectivity index (χ3n) is 2.66. The van der Waals surface area contributed by atoms with E-state index in [9.17, 15) is 4.79 Å². The molecule has 0 radical (unpaired) electrons.